The van der Waals surface area contributed by atoms with Crippen molar-refractivity contribution in [2.45, 2.75) is 51.9 Å². The third-order valence-electron chi connectivity index (χ3n) is 4.00. The second-order valence-corrected chi connectivity index (χ2v) is 5.51. The summed E-state index contributed by atoms with van der Waals surface area (Å²) in [6, 6.07) is 2.53. The van der Waals surface area contributed by atoms with Crippen LogP contribution < -0.4 is 4.74 Å². The van der Waals surface area contributed by atoms with Gasteiger partial charge in [-0.15, -0.1) is 0 Å². The number of rotatable bonds is 5. The highest BCUT2D eigenvalue weighted by atomic mass is 19.1. The zero-order valence-electron chi connectivity index (χ0n) is 11.6. The minimum atomic E-state index is -0.540. The van der Waals surface area contributed by atoms with Crippen molar-refractivity contribution in [2.24, 2.45) is 5.92 Å². The van der Waals surface area contributed by atoms with Gasteiger partial charge in [0.05, 0.1) is 6.61 Å². The number of benzene rings is 1. The Morgan fingerprint density at radius 3 is 2.37 bits per heavy atom. The van der Waals surface area contributed by atoms with Crippen LogP contribution >= 0.6 is 0 Å². The molecule has 0 radical (unpaired) electrons. The first-order chi connectivity index (χ1) is 9.16. The van der Waals surface area contributed by atoms with E-state index >= 15 is 0 Å². The van der Waals surface area contributed by atoms with Crippen LogP contribution in [-0.2, 0) is 0 Å². The predicted molar refractivity (Wildman–Crippen MR) is 72.4 cm³/mol. The van der Waals surface area contributed by atoms with E-state index in [1.54, 1.807) is 0 Å². The second kappa shape index (κ2) is 6.88. The van der Waals surface area contributed by atoms with Crippen LogP contribution in [0.3, 0.4) is 0 Å². The Kier molecular flexibility index (Phi) is 5.17. The summed E-state index contributed by atoms with van der Waals surface area (Å²) in [6.45, 7) is 1.97. The first kappa shape index (κ1) is 14.3. The van der Waals surface area contributed by atoms with Gasteiger partial charge in [-0.1, -0.05) is 32.1 Å². The molecular formula is C16H22F2O. The Morgan fingerprint density at radius 1 is 1.11 bits per heavy atom. The van der Waals surface area contributed by atoms with E-state index in [1.165, 1.54) is 51.2 Å². The quantitative estimate of drug-likeness (QED) is 0.682. The van der Waals surface area contributed by atoms with Crippen molar-refractivity contribution < 1.29 is 13.5 Å². The average Bonchev–Trinajstić information content (AvgIpc) is 2.42. The van der Waals surface area contributed by atoms with E-state index in [9.17, 15) is 8.78 Å². The lowest BCUT2D eigenvalue weighted by Gasteiger charge is -2.21. The number of halogens is 2. The van der Waals surface area contributed by atoms with Gasteiger partial charge in [-0.05, 0) is 25.7 Å². The third kappa shape index (κ3) is 4.19. The maximum atomic E-state index is 13.3. The predicted octanol–water partition coefficient (Wildman–Crippen LogP) is 5.01. The largest absolute Gasteiger partial charge is 0.493 e. The summed E-state index contributed by atoms with van der Waals surface area (Å²) in [5, 5.41) is 0. The number of hydrogen-bond acceptors (Lipinski definition) is 1. The summed E-state index contributed by atoms with van der Waals surface area (Å²) in [5.74, 6) is 0.0395. The third-order valence-corrected chi connectivity index (χ3v) is 4.00. The zero-order chi connectivity index (χ0) is 13.7. The van der Waals surface area contributed by atoms with Gasteiger partial charge in [0, 0.05) is 17.7 Å². The lowest BCUT2D eigenvalue weighted by Crippen LogP contribution is -2.08. The van der Waals surface area contributed by atoms with Gasteiger partial charge >= 0.3 is 0 Å². The molecule has 0 amide bonds. The molecule has 1 saturated carbocycles. The Balaban J connectivity index is 1.73. The van der Waals surface area contributed by atoms with Gasteiger partial charge in [0.1, 0.15) is 17.4 Å². The lowest BCUT2D eigenvalue weighted by molar-refractivity contribution is 0.267. The monoisotopic (exact) mass is 268 g/mol. The van der Waals surface area contributed by atoms with Gasteiger partial charge < -0.3 is 4.74 Å². The Bertz CT molecular complexity index is 388. The molecule has 3 heteroatoms. The van der Waals surface area contributed by atoms with E-state index in [0.717, 1.165) is 18.8 Å². The molecule has 0 N–H and O–H groups in total. The number of hydrogen-bond donors (Lipinski definition) is 0. The van der Waals surface area contributed by atoms with E-state index in [2.05, 4.69) is 0 Å². The molecule has 1 aliphatic rings. The zero-order valence-corrected chi connectivity index (χ0v) is 11.6. The molecule has 106 valence electrons. The summed E-state index contributed by atoms with van der Waals surface area (Å²) in [7, 11) is 0. The van der Waals surface area contributed by atoms with Crippen LogP contribution in [0, 0.1) is 24.5 Å². The molecule has 1 aliphatic carbocycles. The van der Waals surface area contributed by atoms with Crippen molar-refractivity contribution in [1.82, 2.24) is 0 Å². The highest BCUT2D eigenvalue weighted by Crippen LogP contribution is 2.27. The molecule has 0 aromatic heterocycles. The highest BCUT2D eigenvalue weighted by Gasteiger charge is 2.13. The summed E-state index contributed by atoms with van der Waals surface area (Å²) >= 11 is 0. The summed E-state index contributed by atoms with van der Waals surface area (Å²) < 4.78 is 32.1. The molecule has 19 heavy (non-hydrogen) atoms. The minimum Gasteiger partial charge on any atom is -0.493 e. The Morgan fingerprint density at radius 2 is 1.74 bits per heavy atom. The summed E-state index contributed by atoms with van der Waals surface area (Å²) in [4.78, 5) is 0. The van der Waals surface area contributed by atoms with Crippen molar-refractivity contribution in [2.75, 3.05) is 6.61 Å². The lowest BCUT2D eigenvalue weighted by atomic mass is 9.86. The van der Waals surface area contributed by atoms with E-state index in [-0.39, 0.29) is 5.56 Å². The van der Waals surface area contributed by atoms with Crippen LogP contribution in [-0.4, -0.2) is 6.61 Å². The molecule has 1 aromatic carbocycles. The molecule has 2 rings (SSSR count). The van der Waals surface area contributed by atoms with Crippen LogP contribution in [0.5, 0.6) is 5.75 Å². The summed E-state index contributed by atoms with van der Waals surface area (Å²) in [6.07, 6.45) is 8.84. The van der Waals surface area contributed by atoms with Gasteiger partial charge in [-0.3, -0.25) is 0 Å². The fourth-order valence-electron chi connectivity index (χ4n) is 2.74. The van der Waals surface area contributed by atoms with Gasteiger partial charge in [0.2, 0.25) is 0 Å². The first-order valence-corrected chi connectivity index (χ1v) is 7.25. The van der Waals surface area contributed by atoms with Crippen LogP contribution in [0.25, 0.3) is 0 Å². The SMILES string of the molecule is Cc1c(F)cc(OCCCC2CCCCC2)cc1F. The molecule has 0 bridgehead atoms. The molecule has 1 aromatic rings. The van der Waals surface area contributed by atoms with Crippen molar-refractivity contribution >= 4 is 0 Å². The van der Waals surface area contributed by atoms with Crippen molar-refractivity contribution in [3.63, 3.8) is 0 Å². The molecule has 0 spiro atoms. The molecule has 1 fully saturated rings. The van der Waals surface area contributed by atoms with E-state index in [0.29, 0.717) is 12.4 Å². The molecular weight excluding hydrogens is 246 g/mol. The average molecular weight is 268 g/mol. The fourth-order valence-corrected chi connectivity index (χ4v) is 2.74. The minimum absolute atomic E-state index is 0.0505. The van der Waals surface area contributed by atoms with Gasteiger partial charge in [-0.25, -0.2) is 8.78 Å². The molecule has 0 unspecified atom stereocenters. The topological polar surface area (TPSA) is 9.23 Å². The summed E-state index contributed by atoms with van der Waals surface area (Å²) in [5.41, 5.74) is 0.0505. The smallest absolute Gasteiger partial charge is 0.132 e. The second-order valence-electron chi connectivity index (χ2n) is 5.51. The molecule has 1 nitrogen and oxygen atoms in total. The maximum Gasteiger partial charge on any atom is 0.132 e. The normalized spacial score (nSPS) is 16.6. The number of ether oxygens (including phenoxy) is 1. The van der Waals surface area contributed by atoms with Gasteiger partial charge in [0.15, 0.2) is 0 Å². The standard InChI is InChI=1S/C16H22F2O/c1-12-15(17)10-14(11-16(12)18)19-9-5-8-13-6-3-2-4-7-13/h10-11,13H,2-9H2,1H3. The molecule has 0 aliphatic heterocycles. The molecule has 0 saturated heterocycles. The van der Waals surface area contributed by atoms with Crippen LogP contribution in [0.2, 0.25) is 0 Å². The first-order valence-electron chi connectivity index (χ1n) is 7.25. The highest BCUT2D eigenvalue weighted by molar-refractivity contribution is 5.29. The van der Waals surface area contributed by atoms with Crippen LogP contribution in [0.1, 0.15) is 50.5 Å². The van der Waals surface area contributed by atoms with Crippen molar-refractivity contribution in [3.8, 4) is 5.75 Å². The van der Waals surface area contributed by atoms with Crippen molar-refractivity contribution in [1.29, 1.82) is 0 Å². The molecule has 0 atom stereocenters. The van der Waals surface area contributed by atoms with Gasteiger partial charge in [-0.2, -0.15) is 0 Å². The van der Waals surface area contributed by atoms with E-state index in [1.807, 2.05) is 0 Å². The fraction of sp³-hybridized carbons (Fsp3) is 0.625. The Labute approximate surface area is 114 Å². The van der Waals surface area contributed by atoms with Crippen LogP contribution in [0.15, 0.2) is 12.1 Å². The van der Waals surface area contributed by atoms with E-state index in [4.69, 9.17) is 4.74 Å². The van der Waals surface area contributed by atoms with Gasteiger partial charge in [0.25, 0.3) is 0 Å². The van der Waals surface area contributed by atoms with Crippen molar-refractivity contribution in [3.05, 3.63) is 29.3 Å². The Hall–Kier alpha value is -1.12. The van der Waals surface area contributed by atoms with Crippen LogP contribution in [0.4, 0.5) is 8.78 Å². The molecule has 0 heterocycles. The van der Waals surface area contributed by atoms with E-state index < -0.39 is 11.6 Å². The maximum absolute atomic E-state index is 13.3.